The first-order valence-corrected chi connectivity index (χ1v) is 11.5. The highest BCUT2D eigenvalue weighted by Gasteiger charge is 2.25. The second-order valence-electron chi connectivity index (χ2n) is 7.76. The number of nitrogens with zero attached hydrogens (tertiary/aromatic N) is 1. The maximum Gasteiger partial charge on any atom is 0.242 e. The number of benzene rings is 2. The monoisotopic (exact) mass is 430 g/mol. The van der Waals surface area contributed by atoms with Gasteiger partial charge in [-0.2, -0.15) is 0 Å². The fraction of sp³-hybridized carbons (Fsp3) is 0.417. The SMILES string of the molecule is CC(C)CNC(=O)[C@@H](C)N(CCc1ccccc1)C(=O)CSCc1ccc(F)cc1. The van der Waals surface area contributed by atoms with Crippen LogP contribution in [0.4, 0.5) is 4.39 Å². The summed E-state index contributed by atoms with van der Waals surface area (Å²) >= 11 is 1.47. The molecule has 0 saturated heterocycles. The van der Waals surface area contributed by atoms with Crippen LogP contribution in [0, 0.1) is 11.7 Å². The molecular weight excluding hydrogens is 399 g/mol. The molecule has 1 atom stereocenters. The molecule has 162 valence electrons. The van der Waals surface area contributed by atoms with Crippen LogP contribution in [-0.2, 0) is 21.8 Å². The molecule has 0 unspecified atom stereocenters. The zero-order valence-electron chi connectivity index (χ0n) is 17.9. The smallest absolute Gasteiger partial charge is 0.242 e. The lowest BCUT2D eigenvalue weighted by Crippen LogP contribution is -2.50. The van der Waals surface area contributed by atoms with E-state index in [1.54, 1.807) is 24.0 Å². The van der Waals surface area contributed by atoms with E-state index in [9.17, 15) is 14.0 Å². The molecule has 2 rings (SSSR count). The highest BCUT2D eigenvalue weighted by atomic mass is 32.2. The number of rotatable bonds is 11. The summed E-state index contributed by atoms with van der Waals surface area (Å²) < 4.78 is 13.0. The van der Waals surface area contributed by atoms with Crippen molar-refractivity contribution in [2.24, 2.45) is 5.92 Å². The third-order valence-corrected chi connectivity index (χ3v) is 5.73. The first-order valence-electron chi connectivity index (χ1n) is 10.3. The number of carbonyl (C=O) groups is 2. The van der Waals surface area contributed by atoms with Gasteiger partial charge >= 0.3 is 0 Å². The summed E-state index contributed by atoms with van der Waals surface area (Å²) in [5.41, 5.74) is 2.09. The molecule has 0 spiro atoms. The molecule has 6 heteroatoms. The van der Waals surface area contributed by atoms with Crippen molar-refractivity contribution >= 4 is 23.6 Å². The van der Waals surface area contributed by atoms with Crippen LogP contribution in [0.2, 0.25) is 0 Å². The summed E-state index contributed by atoms with van der Waals surface area (Å²) in [4.78, 5) is 27.2. The van der Waals surface area contributed by atoms with Gasteiger partial charge in [0.2, 0.25) is 11.8 Å². The Morgan fingerprint density at radius 2 is 1.67 bits per heavy atom. The zero-order valence-corrected chi connectivity index (χ0v) is 18.8. The maximum atomic E-state index is 13.0. The average molecular weight is 431 g/mol. The van der Waals surface area contributed by atoms with Crippen molar-refractivity contribution in [1.82, 2.24) is 10.2 Å². The number of nitrogens with one attached hydrogen (secondary N) is 1. The van der Waals surface area contributed by atoms with Gasteiger partial charge in [0.25, 0.3) is 0 Å². The Balaban J connectivity index is 1.97. The standard InChI is InChI=1S/C24H31FN2O2S/c1-18(2)15-26-24(29)19(3)27(14-13-20-7-5-4-6-8-20)23(28)17-30-16-21-9-11-22(25)12-10-21/h4-12,18-19H,13-17H2,1-3H3,(H,26,29)/t19-/m1/s1. The Bertz CT molecular complexity index is 797. The van der Waals surface area contributed by atoms with Crippen LogP contribution >= 0.6 is 11.8 Å². The Kier molecular flexibility index (Phi) is 9.87. The van der Waals surface area contributed by atoms with Crippen molar-refractivity contribution in [3.63, 3.8) is 0 Å². The van der Waals surface area contributed by atoms with Crippen molar-refractivity contribution < 1.29 is 14.0 Å². The Morgan fingerprint density at radius 3 is 2.30 bits per heavy atom. The van der Waals surface area contributed by atoms with Crippen molar-refractivity contribution in [3.05, 3.63) is 71.5 Å². The number of hydrogen-bond acceptors (Lipinski definition) is 3. The highest BCUT2D eigenvalue weighted by molar-refractivity contribution is 7.99. The van der Waals surface area contributed by atoms with Gasteiger partial charge in [0.05, 0.1) is 5.75 Å². The van der Waals surface area contributed by atoms with Crippen LogP contribution in [0.1, 0.15) is 31.9 Å². The maximum absolute atomic E-state index is 13.0. The quantitative estimate of drug-likeness (QED) is 0.579. The van der Waals surface area contributed by atoms with Gasteiger partial charge in [0.1, 0.15) is 11.9 Å². The molecule has 0 bridgehead atoms. The summed E-state index contributed by atoms with van der Waals surface area (Å²) in [5.74, 6) is 0.772. The lowest BCUT2D eigenvalue weighted by Gasteiger charge is -2.29. The van der Waals surface area contributed by atoms with Gasteiger partial charge in [-0.05, 0) is 42.5 Å². The molecule has 2 aromatic rings. The molecule has 0 aromatic heterocycles. The minimum absolute atomic E-state index is 0.0646. The van der Waals surface area contributed by atoms with E-state index in [4.69, 9.17) is 0 Å². The zero-order chi connectivity index (χ0) is 21.9. The van der Waals surface area contributed by atoms with E-state index in [-0.39, 0.29) is 23.4 Å². The molecule has 0 aliphatic carbocycles. The van der Waals surface area contributed by atoms with Crippen molar-refractivity contribution in [2.45, 2.75) is 39.0 Å². The topological polar surface area (TPSA) is 49.4 Å². The van der Waals surface area contributed by atoms with Gasteiger partial charge in [-0.1, -0.05) is 56.3 Å². The van der Waals surface area contributed by atoms with Gasteiger partial charge in [-0.15, -0.1) is 11.8 Å². The summed E-state index contributed by atoms with van der Waals surface area (Å²) in [6.07, 6.45) is 0.691. The van der Waals surface area contributed by atoms with Crippen molar-refractivity contribution in [3.8, 4) is 0 Å². The summed E-state index contributed by atoms with van der Waals surface area (Å²) in [6.45, 7) is 6.92. The average Bonchev–Trinajstić information content (AvgIpc) is 2.74. The summed E-state index contributed by atoms with van der Waals surface area (Å²) in [6, 6.07) is 15.7. The predicted octanol–water partition coefficient (Wildman–Crippen LogP) is 4.29. The molecule has 0 fully saturated rings. The molecule has 2 amide bonds. The number of carbonyl (C=O) groups excluding carboxylic acids is 2. The van der Waals surface area contributed by atoms with E-state index in [2.05, 4.69) is 5.32 Å². The molecule has 0 radical (unpaired) electrons. The third-order valence-electron chi connectivity index (χ3n) is 4.74. The second kappa shape index (κ2) is 12.4. The molecule has 0 aliphatic rings. The van der Waals surface area contributed by atoms with E-state index >= 15 is 0 Å². The van der Waals surface area contributed by atoms with E-state index in [0.717, 1.165) is 11.1 Å². The number of hydrogen-bond donors (Lipinski definition) is 1. The molecular formula is C24H31FN2O2S. The first kappa shape index (κ1) is 23.9. The predicted molar refractivity (Wildman–Crippen MR) is 122 cm³/mol. The van der Waals surface area contributed by atoms with Crippen LogP contribution < -0.4 is 5.32 Å². The van der Waals surface area contributed by atoms with E-state index in [1.807, 2.05) is 44.2 Å². The minimum atomic E-state index is -0.536. The molecule has 0 heterocycles. The van der Waals surface area contributed by atoms with E-state index in [1.165, 1.54) is 23.9 Å². The highest BCUT2D eigenvalue weighted by Crippen LogP contribution is 2.15. The summed E-state index contributed by atoms with van der Waals surface area (Å²) in [7, 11) is 0. The van der Waals surface area contributed by atoms with Gasteiger partial charge in [0, 0.05) is 18.8 Å². The molecule has 1 N–H and O–H groups in total. The Hall–Kier alpha value is -2.34. The molecule has 2 aromatic carbocycles. The lowest BCUT2D eigenvalue weighted by atomic mass is 10.1. The largest absolute Gasteiger partial charge is 0.354 e. The van der Waals surface area contributed by atoms with E-state index < -0.39 is 6.04 Å². The lowest BCUT2D eigenvalue weighted by molar-refractivity contribution is -0.138. The Labute approximate surface area is 183 Å². The van der Waals surface area contributed by atoms with Crippen LogP contribution in [0.25, 0.3) is 0 Å². The first-order chi connectivity index (χ1) is 14.4. The van der Waals surface area contributed by atoms with Crippen LogP contribution in [0.15, 0.2) is 54.6 Å². The van der Waals surface area contributed by atoms with Crippen molar-refractivity contribution in [1.29, 1.82) is 0 Å². The molecule has 0 saturated carbocycles. The second-order valence-corrected chi connectivity index (χ2v) is 8.74. The normalized spacial score (nSPS) is 11.9. The Morgan fingerprint density at radius 1 is 1.00 bits per heavy atom. The van der Waals surface area contributed by atoms with Crippen LogP contribution in [0.5, 0.6) is 0 Å². The number of halogens is 1. The number of thioether (sulfide) groups is 1. The van der Waals surface area contributed by atoms with E-state index in [0.29, 0.717) is 31.2 Å². The molecule has 4 nitrogen and oxygen atoms in total. The fourth-order valence-electron chi connectivity index (χ4n) is 2.94. The molecule has 0 aliphatic heterocycles. The summed E-state index contributed by atoms with van der Waals surface area (Å²) in [5, 5.41) is 2.93. The fourth-order valence-corrected chi connectivity index (χ4v) is 3.81. The third kappa shape index (κ3) is 8.19. The van der Waals surface area contributed by atoms with Gasteiger partial charge in [-0.25, -0.2) is 4.39 Å². The van der Waals surface area contributed by atoms with Crippen LogP contribution in [-0.4, -0.2) is 41.6 Å². The van der Waals surface area contributed by atoms with Gasteiger partial charge in [0.15, 0.2) is 0 Å². The minimum Gasteiger partial charge on any atom is -0.354 e. The number of amides is 2. The van der Waals surface area contributed by atoms with Gasteiger partial charge < -0.3 is 10.2 Å². The molecule has 30 heavy (non-hydrogen) atoms. The van der Waals surface area contributed by atoms with Crippen LogP contribution in [0.3, 0.4) is 0 Å². The van der Waals surface area contributed by atoms with Gasteiger partial charge in [-0.3, -0.25) is 9.59 Å². The van der Waals surface area contributed by atoms with Crippen molar-refractivity contribution in [2.75, 3.05) is 18.8 Å².